The predicted octanol–water partition coefficient (Wildman–Crippen LogP) is 3.27. The van der Waals surface area contributed by atoms with Crippen LogP contribution in [0.4, 0.5) is 0 Å². The molecule has 1 aromatic carbocycles. The van der Waals surface area contributed by atoms with Gasteiger partial charge < -0.3 is 4.42 Å². The van der Waals surface area contributed by atoms with Crippen LogP contribution in [0.2, 0.25) is 0 Å². The van der Waals surface area contributed by atoms with Gasteiger partial charge in [-0.1, -0.05) is 24.2 Å². The van der Waals surface area contributed by atoms with Crippen LogP contribution in [0.25, 0.3) is 16.4 Å². The number of hydrogen-bond acceptors (Lipinski definition) is 9. The minimum Gasteiger partial charge on any atom is -0.411 e. The Labute approximate surface area is 192 Å². The highest BCUT2D eigenvalue weighted by molar-refractivity contribution is 7.98. The number of benzene rings is 1. The van der Waals surface area contributed by atoms with E-state index in [0.29, 0.717) is 40.3 Å². The Morgan fingerprint density at radius 2 is 1.97 bits per heavy atom. The van der Waals surface area contributed by atoms with Gasteiger partial charge in [-0.3, -0.25) is 9.20 Å². The molecule has 4 aromatic rings. The quantitative estimate of drug-likeness (QED) is 0.380. The van der Waals surface area contributed by atoms with Crippen molar-refractivity contribution in [2.45, 2.75) is 35.1 Å². The second-order valence-corrected chi connectivity index (χ2v) is 11.0. The summed E-state index contributed by atoms with van der Waals surface area (Å²) in [5, 5.41) is 10.2. The average Bonchev–Trinajstić information content (AvgIpc) is 3.48. The van der Waals surface area contributed by atoms with E-state index in [-0.39, 0.29) is 16.3 Å². The van der Waals surface area contributed by atoms with Gasteiger partial charge in [-0.05, 0) is 31.0 Å². The van der Waals surface area contributed by atoms with E-state index >= 15 is 0 Å². The maximum Gasteiger partial charge on any atom is 0.277 e. The van der Waals surface area contributed by atoms with Crippen LogP contribution >= 0.6 is 23.1 Å². The average molecular weight is 490 g/mol. The Morgan fingerprint density at radius 1 is 1.12 bits per heavy atom. The summed E-state index contributed by atoms with van der Waals surface area (Å²) >= 11 is 2.66. The van der Waals surface area contributed by atoms with Crippen LogP contribution in [0, 0.1) is 0 Å². The van der Waals surface area contributed by atoms with E-state index in [9.17, 15) is 13.2 Å². The Balaban J connectivity index is 1.33. The molecule has 0 spiro atoms. The van der Waals surface area contributed by atoms with Crippen molar-refractivity contribution in [3.63, 3.8) is 0 Å². The molecule has 4 heterocycles. The van der Waals surface area contributed by atoms with Gasteiger partial charge in [-0.25, -0.2) is 13.4 Å². The lowest BCUT2D eigenvalue weighted by molar-refractivity contribution is 0.346. The minimum absolute atomic E-state index is 0.134. The molecule has 166 valence electrons. The lowest BCUT2D eigenvalue weighted by atomic mass is 10.2. The normalized spacial score (nSPS) is 15.4. The number of thiazole rings is 1. The van der Waals surface area contributed by atoms with Gasteiger partial charge in [-0.2, -0.15) is 4.31 Å². The fraction of sp³-hybridized carbons (Fsp3) is 0.300. The van der Waals surface area contributed by atoms with Gasteiger partial charge in [0.15, 0.2) is 4.96 Å². The number of thioether (sulfide) groups is 1. The largest absolute Gasteiger partial charge is 0.411 e. The highest BCUT2D eigenvalue weighted by atomic mass is 32.2. The van der Waals surface area contributed by atoms with Crippen molar-refractivity contribution in [3.05, 3.63) is 58.0 Å². The van der Waals surface area contributed by atoms with E-state index in [1.807, 2.05) is 5.38 Å². The summed E-state index contributed by atoms with van der Waals surface area (Å²) in [5.74, 6) is 0.638. The zero-order chi connectivity index (χ0) is 22.1. The maximum absolute atomic E-state index is 13.0. The molecule has 1 aliphatic heterocycles. The molecule has 1 saturated heterocycles. The van der Waals surface area contributed by atoms with Gasteiger partial charge in [0, 0.05) is 42.0 Å². The van der Waals surface area contributed by atoms with Crippen molar-refractivity contribution in [2.75, 3.05) is 13.1 Å². The van der Waals surface area contributed by atoms with Crippen LogP contribution in [-0.4, -0.2) is 45.4 Å². The molecule has 0 unspecified atom stereocenters. The fourth-order valence-electron chi connectivity index (χ4n) is 3.53. The monoisotopic (exact) mass is 489 g/mol. The summed E-state index contributed by atoms with van der Waals surface area (Å²) in [5.41, 5.74) is 1.03. The minimum atomic E-state index is -3.55. The molecule has 3 aromatic heterocycles. The standard InChI is InChI=1S/C20H19N5O4S3/c26-17-12-15(21-19-25(17)9-10-30-19)13-31-20-23-22-18(29-20)14-5-4-6-16(11-14)32(27,28)24-7-2-1-3-8-24/h4-6,9-12H,1-3,7-8,13H2. The van der Waals surface area contributed by atoms with Crippen LogP contribution < -0.4 is 5.56 Å². The van der Waals surface area contributed by atoms with E-state index in [0.717, 1.165) is 19.3 Å². The molecule has 0 atom stereocenters. The van der Waals surface area contributed by atoms with Crippen molar-refractivity contribution in [3.8, 4) is 11.5 Å². The van der Waals surface area contributed by atoms with Gasteiger partial charge in [0.05, 0.1) is 10.6 Å². The summed E-state index contributed by atoms with van der Waals surface area (Å²) in [6.07, 6.45) is 4.50. The SMILES string of the molecule is O=c1cc(CSc2nnc(-c3cccc(S(=O)(=O)N4CCCCC4)c3)o2)nc2sccn12. The van der Waals surface area contributed by atoms with Crippen LogP contribution in [0.15, 0.2) is 61.2 Å². The zero-order valence-electron chi connectivity index (χ0n) is 16.9. The maximum atomic E-state index is 13.0. The highest BCUT2D eigenvalue weighted by Crippen LogP contribution is 2.28. The number of sulfonamides is 1. The molecule has 9 nitrogen and oxygen atoms in total. The Morgan fingerprint density at radius 3 is 2.81 bits per heavy atom. The van der Waals surface area contributed by atoms with Crippen LogP contribution in [-0.2, 0) is 15.8 Å². The van der Waals surface area contributed by atoms with Crippen LogP contribution in [0.5, 0.6) is 0 Å². The van der Waals surface area contributed by atoms with Crippen molar-refractivity contribution in [1.29, 1.82) is 0 Å². The summed E-state index contributed by atoms with van der Waals surface area (Å²) in [6, 6.07) is 8.06. The fourth-order valence-corrected chi connectivity index (χ4v) is 6.48. The first-order valence-electron chi connectivity index (χ1n) is 10.0. The topological polar surface area (TPSA) is 111 Å². The number of piperidine rings is 1. The second kappa shape index (κ2) is 8.77. The summed E-state index contributed by atoms with van der Waals surface area (Å²) < 4.78 is 34.7. The first-order valence-corrected chi connectivity index (χ1v) is 13.3. The molecule has 12 heteroatoms. The number of nitrogens with zero attached hydrogens (tertiary/aromatic N) is 5. The van der Waals surface area contributed by atoms with E-state index in [2.05, 4.69) is 15.2 Å². The number of aromatic nitrogens is 4. The van der Waals surface area contributed by atoms with E-state index in [1.165, 1.54) is 37.9 Å². The molecule has 0 aliphatic carbocycles. The van der Waals surface area contributed by atoms with Gasteiger partial charge in [-0.15, -0.1) is 21.5 Å². The Hall–Kier alpha value is -2.54. The molecule has 0 bridgehead atoms. The van der Waals surface area contributed by atoms with Crippen molar-refractivity contribution < 1.29 is 12.8 Å². The smallest absolute Gasteiger partial charge is 0.277 e. The van der Waals surface area contributed by atoms with Crippen molar-refractivity contribution >= 4 is 38.1 Å². The Kier molecular flexibility index (Phi) is 5.84. The number of hydrogen-bond donors (Lipinski definition) is 0. The molecule has 32 heavy (non-hydrogen) atoms. The van der Waals surface area contributed by atoms with Crippen molar-refractivity contribution in [1.82, 2.24) is 23.9 Å². The molecule has 5 rings (SSSR count). The summed E-state index contributed by atoms with van der Waals surface area (Å²) in [6.45, 7) is 1.09. The molecule has 1 fully saturated rings. The molecule has 0 saturated carbocycles. The Bertz CT molecular complexity index is 1420. The molecule has 0 N–H and O–H groups in total. The third-order valence-corrected chi connectivity index (χ3v) is 8.64. The van der Waals surface area contributed by atoms with Gasteiger partial charge in [0.25, 0.3) is 10.8 Å². The molecule has 0 radical (unpaired) electrons. The van der Waals surface area contributed by atoms with Gasteiger partial charge in [0.2, 0.25) is 15.9 Å². The first kappa shape index (κ1) is 21.3. The van der Waals surface area contributed by atoms with Crippen LogP contribution in [0.3, 0.4) is 0 Å². The third kappa shape index (κ3) is 4.22. The van der Waals surface area contributed by atoms with Gasteiger partial charge >= 0.3 is 0 Å². The molecular formula is C20H19N5O4S3. The van der Waals surface area contributed by atoms with Crippen LogP contribution in [0.1, 0.15) is 25.0 Å². The lowest BCUT2D eigenvalue weighted by Crippen LogP contribution is -2.35. The zero-order valence-corrected chi connectivity index (χ0v) is 19.3. The predicted molar refractivity (Wildman–Crippen MR) is 121 cm³/mol. The molecule has 0 amide bonds. The first-order chi connectivity index (χ1) is 15.5. The summed E-state index contributed by atoms with van der Waals surface area (Å²) in [4.78, 5) is 17.4. The second-order valence-electron chi connectivity index (χ2n) is 7.30. The van der Waals surface area contributed by atoms with E-state index in [4.69, 9.17) is 4.42 Å². The van der Waals surface area contributed by atoms with E-state index < -0.39 is 10.0 Å². The van der Waals surface area contributed by atoms with Crippen molar-refractivity contribution in [2.24, 2.45) is 0 Å². The number of rotatable bonds is 6. The lowest BCUT2D eigenvalue weighted by Gasteiger charge is -2.25. The summed E-state index contributed by atoms with van der Waals surface area (Å²) in [7, 11) is -3.55. The van der Waals surface area contributed by atoms with Gasteiger partial charge in [0.1, 0.15) is 0 Å². The van der Waals surface area contributed by atoms with E-state index in [1.54, 1.807) is 30.5 Å². The molecular weight excluding hydrogens is 470 g/mol. The molecule has 1 aliphatic rings. The number of fused-ring (bicyclic) bond motifs is 1. The third-order valence-electron chi connectivity index (χ3n) is 5.14. The highest BCUT2D eigenvalue weighted by Gasteiger charge is 2.26.